The smallest absolute Gasteiger partial charge is 0.262 e. The Morgan fingerprint density at radius 3 is 2.07 bits per heavy atom. The van der Waals surface area contributed by atoms with Crippen molar-refractivity contribution in [2.45, 2.75) is 19.8 Å². The lowest BCUT2D eigenvalue weighted by Crippen LogP contribution is -2.48. The predicted octanol–water partition coefficient (Wildman–Crippen LogP) is 2.42. The molecule has 0 aromatic heterocycles. The summed E-state index contributed by atoms with van der Waals surface area (Å²) in [5.74, 6) is -1.10. The second-order valence-corrected chi connectivity index (χ2v) is 7.05. The molecule has 3 N–H and O–H groups in total. The molecule has 3 amide bonds. The number of anilines is 1. The molecule has 0 fully saturated rings. The third-order valence-electron chi connectivity index (χ3n) is 4.33. The number of nitrogens with one attached hydrogen (secondary N) is 3. The topological polar surface area (TPSA) is 90.5 Å². The minimum atomic E-state index is -0.561. The maximum absolute atomic E-state index is 12.3. The summed E-state index contributed by atoms with van der Waals surface area (Å²) in [5.41, 5.74) is 7.54. The van der Waals surface area contributed by atoms with Crippen LogP contribution in [-0.2, 0) is 4.79 Å². The van der Waals surface area contributed by atoms with Crippen molar-refractivity contribution in [3.63, 3.8) is 0 Å². The molecule has 8 heteroatoms. The van der Waals surface area contributed by atoms with Gasteiger partial charge < -0.3 is 5.32 Å². The number of carbonyl (C=O) groups excluding carboxylic acids is 3. The molecule has 0 bridgehead atoms. The number of hydrazine groups is 1. The van der Waals surface area contributed by atoms with E-state index in [1.807, 2.05) is 24.3 Å². The Kier molecular flexibility index (Phi) is 5.70. The summed E-state index contributed by atoms with van der Waals surface area (Å²) in [6, 6.07) is 14.3. The van der Waals surface area contributed by atoms with Gasteiger partial charge in [-0.25, -0.2) is 0 Å². The molecule has 1 heterocycles. The average Bonchev–Trinajstić information content (AvgIpc) is 2.92. The molecule has 28 heavy (non-hydrogen) atoms. The number of carbonyl (C=O) groups is 3. The zero-order valence-corrected chi connectivity index (χ0v) is 16.3. The number of fused-ring (bicyclic) bond motifs is 1. The van der Waals surface area contributed by atoms with Crippen LogP contribution in [0.15, 0.2) is 48.5 Å². The van der Waals surface area contributed by atoms with Crippen LogP contribution in [0, 0.1) is 0 Å². The summed E-state index contributed by atoms with van der Waals surface area (Å²) in [7, 11) is 0. The molecule has 0 spiro atoms. The lowest BCUT2D eigenvalue weighted by Gasteiger charge is -2.15. The highest BCUT2D eigenvalue weighted by Crippen LogP contribution is 2.21. The summed E-state index contributed by atoms with van der Waals surface area (Å²) in [6.45, 7) is 3.82. The first-order valence-corrected chi connectivity index (χ1v) is 9.18. The highest BCUT2D eigenvalue weighted by atomic mass is 32.1. The van der Waals surface area contributed by atoms with Gasteiger partial charge in [0.15, 0.2) is 5.11 Å². The molecule has 2 aromatic carbocycles. The summed E-state index contributed by atoms with van der Waals surface area (Å²) < 4.78 is 0. The lowest BCUT2D eigenvalue weighted by molar-refractivity contribution is -0.121. The molecule has 0 aliphatic carbocycles. The summed E-state index contributed by atoms with van der Waals surface area (Å²) in [4.78, 5) is 37.5. The molecular formula is C20H20N4O3S. The monoisotopic (exact) mass is 396 g/mol. The number of imide groups is 1. The van der Waals surface area contributed by atoms with Gasteiger partial charge in [-0.2, -0.15) is 0 Å². The van der Waals surface area contributed by atoms with Crippen LogP contribution in [0.4, 0.5) is 5.69 Å². The largest absolute Gasteiger partial charge is 0.331 e. The van der Waals surface area contributed by atoms with E-state index >= 15 is 0 Å². The first-order valence-electron chi connectivity index (χ1n) is 8.78. The van der Waals surface area contributed by atoms with E-state index in [4.69, 9.17) is 12.2 Å². The molecule has 2 aromatic rings. The fraction of sp³-hybridized carbons (Fsp3) is 0.200. The van der Waals surface area contributed by atoms with Gasteiger partial charge in [0.1, 0.15) is 6.54 Å². The van der Waals surface area contributed by atoms with Gasteiger partial charge in [0.25, 0.3) is 17.7 Å². The number of hydrogen-bond acceptors (Lipinski definition) is 4. The van der Waals surface area contributed by atoms with Gasteiger partial charge >= 0.3 is 0 Å². The van der Waals surface area contributed by atoms with Crippen LogP contribution in [0.1, 0.15) is 46.0 Å². The average molecular weight is 396 g/mol. The van der Waals surface area contributed by atoms with Crippen LogP contribution in [0.5, 0.6) is 0 Å². The Hall–Kier alpha value is -3.26. The molecule has 1 aliphatic rings. The highest BCUT2D eigenvalue weighted by Gasteiger charge is 2.36. The Labute approximate surface area is 168 Å². The number of amides is 3. The van der Waals surface area contributed by atoms with Crippen molar-refractivity contribution >= 4 is 40.7 Å². The number of hydrogen-bond donors (Lipinski definition) is 3. The van der Waals surface area contributed by atoms with Crippen LogP contribution >= 0.6 is 12.2 Å². The van der Waals surface area contributed by atoms with Crippen molar-refractivity contribution < 1.29 is 14.4 Å². The third-order valence-corrected chi connectivity index (χ3v) is 4.53. The van der Waals surface area contributed by atoms with E-state index in [1.165, 1.54) is 5.56 Å². The van der Waals surface area contributed by atoms with Gasteiger partial charge in [-0.05, 0) is 48.0 Å². The molecule has 0 unspecified atom stereocenters. The van der Waals surface area contributed by atoms with E-state index in [0.29, 0.717) is 17.0 Å². The molecule has 0 saturated carbocycles. The maximum Gasteiger partial charge on any atom is 0.262 e. The Balaban J connectivity index is 1.50. The van der Waals surface area contributed by atoms with Crippen LogP contribution < -0.4 is 16.2 Å². The summed E-state index contributed by atoms with van der Waals surface area (Å²) >= 11 is 5.14. The highest BCUT2D eigenvalue weighted by molar-refractivity contribution is 7.80. The molecule has 7 nitrogen and oxygen atoms in total. The Morgan fingerprint density at radius 2 is 1.54 bits per heavy atom. The second-order valence-electron chi connectivity index (χ2n) is 6.65. The van der Waals surface area contributed by atoms with Gasteiger partial charge in [-0.1, -0.05) is 38.1 Å². The Bertz CT molecular complexity index is 906. The lowest BCUT2D eigenvalue weighted by atomic mass is 10.0. The number of rotatable bonds is 4. The number of nitrogens with zero attached hydrogens (tertiary/aromatic N) is 1. The van der Waals surface area contributed by atoms with Gasteiger partial charge in [-0.15, -0.1) is 0 Å². The third kappa shape index (κ3) is 4.17. The minimum Gasteiger partial charge on any atom is -0.331 e. The van der Waals surface area contributed by atoms with E-state index in [0.717, 1.165) is 10.6 Å². The van der Waals surface area contributed by atoms with Crippen molar-refractivity contribution in [1.29, 1.82) is 0 Å². The zero-order chi connectivity index (χ0) is 20.3. The quantitative estimate of drug-likeness (QED) is 0.418. The van der Waals surface area contributed by atoms with Crippen molar-refractivity contribution in [2.75, 3.05) is 11.9 Å². The molecular weight excluding hydrogens is 376 g/mol. The van der Waals surface area contributed by atoms with Crippen LogP contribution in [0.25, 0.3) is 0 Å². The first kappa shape index (κ1) is 19.5. The molecule has 1 aliphatic heterocycles. The van der Waals surface area contributed by atoms with Crippen molar-refractivity contribution in [3.05, 3.63) is 65.2 Å². The Morgan fingerprint density at radius 1 is 0.964 bits per heavy atom. The van der Waals surface area contributed by atoms with Gasteiger partial charge in [0.05, 0.1) is 11.1 Å². The number of benzene rings is 2. The van der Waals surface area contributed by atoms with Gasteiger partial charge in [0, 0.05) is 5.69 Å². The standard InChI is InChI=1S/C20H20N4O3S/c1-12(2)13-7-9-14(10-8-13)21-20(28)23-22-17(25)11-24-18(26)15-5-3-4-6-16(15)19(24)27/h3-10,12H,11H2,1-2H3,(H,22,25)(H2,21,23,28). The fourth-order valence-corrected chi connectivity index (χ4v) is 2.97. The maximum atomic E-state index is 12.3. The fourth-order valence-electron chi connectivity index (χ4n) is 2.81. The normalized spacial score (nSPS) is 12.8. The van der Waals surface area contributed by atoms with E-state index in [2.05, 4.69) is 30.0 Å². The van der Waals surface area contributed by atoms with Crippen LogP contribution in [0.2, 0.25) is 0 Å². The summed E-state index contributed by atoms with van der Waals surface area (Å²) in [6.07, 6.45) is 0. The van der Waals surface area contributed by atoms with E-state index < -0.39 is 24.3 Å². The van der Waals surface area contributed by atoms with Crippen LogP contribution in [-0.4, -0.2) is 34.3 Å². The second kappa shape index (κ2) is 8.18. The molecule has 0 atom stereocenters. The van der Waals surface area contributed by atoms with E-state index in [1.54, 1.807) is 24.3 Å². The first-order chi connectivity index (χ1) is 13.4. The van der Waals surface area contributed by atoms with Crippen molar-refractivity contribution in [3.8, 4) is 0 Å². The van der Waals surface area contributed by atoms with Crippen molar-refractivity contribution in [1.82, 2.24) is 15.8 Å². The minimum absolute atomic E-state index is 0.188. The molecule has 3 rings (SSSR count). The van der Waals surface area contributed by atoms with E-state index in [9.17, 15) is 14.4 Å². The molecule has 0 saturated heterocycles. The molecule has 144 valence electrons. The summed E-state index contributed by atoms with van der Waals surface area (Å²) in [5, 5.41) is 3.13. The predicted molar refractivity (Wildman–Crippen MR) is 110 cm³/mol. The zero-order valence-electron chi connectivity index (χ0n) is 15.5. The molecule has 0 radical (unpaired) electrons. The SMILES string of the molecule is CC(C)c1ccc(NC(=S)NNC(=O)CN2C(=O)c3ccccc3C2=O)cc1. The number of thiocarbonyl (C=S) groups is 1. The van der Waals surface area contributed by atoms with E-state index in [-0.39, 0.29) is 5.11 Å². The van der Waals surface area contributed by atoms with Gasteiger partial charge in [-0.3, -0.25) is 30.1 Å². The van der Waals surface area contributed by atoms with Crippen molar-refractivity contribution in [2.24, 2.45) is 0 Å². The van der Waals surface area contributed by atoms with Gasteiger partial charge in [0.2, 0.25) is 0 Å². The van der Waals surface area contributed by atoms with Crippen LogP contribution in [0.3, 0.4) is 0 Å².